The summed E-state index contributed by atoms with van der Waals surface area (Å²) in [6.07, 6.45) is 0. The molecule has 21 heteroatoms. The molecular formula is C25H22N10Na2O7S2. The maximum absolute atomic E-state index is 12.6. The van der Waals surface area contributed by atoms with Crippen LogP contribution in [0.1, 0.15) is 0 Å². The number of aliphatic imine (C=N–C) groups is 1. The van der Waals surface area contributed by atoms with Crippen molar-refractivity contribution in [3.05, 3.63) is 72.8 Å². The molecule has 0 aromatic heterocycles. The number of nitrogens with one attached hydrogen (secondary N) is 1. The van der Waals surface area contributed by atoms with Gasteiger partial charge in [-0.25, -0.2) is 13.4 Å². The molecule has 0 aliphatic carbocycles. The first kappa shape index (κ1) is 38.6. The van der Waals surface area contributed by atoms with Crippen LogP contribution in [0.3, 0.4) is 0 Å². The average Bonchev–Trinajstić information content (AvgIpc) is 2.92. The number of benzene rings is 4. The van der Waals surface area contributed by atoms with Gasteiger partial charge in [0, 0.05) is 17.1 Å². The van der Waals surface area contributed by atoms with E-state index >= 15 is 0 Å². The number of rotatable bonds is 8. The van der Waals surface area contributed by atoms with Crippen LogP contribution in [0.25, 0.3) is 0 Å². The minimum absolute atomic E-state index is 0. The summed E-state index contributed by atoms with van der Waals surface area (Å²) >= 11 is 0. The molecule has 0 saturated heterocycles. The third kappa shape index (κ3) is 10.2. The first-order chi connectivity index (χ1) is 20.6. The van der Waals surface area contributed by atoms with E-state index in [4.69, 9.17) is 22.9 Å². The number of azo groups is 2. The second-order valence-electron chi connectivity index (χ2n) is 8.84. The van der Waals surface area contributed by atoms with Crippen LogP contribution in [0, 0.1) is 0 Å². The van der Waals surface area contributed by atoms with E-state index in [0.29, 0.717) is 11.4 Å². The monoisotopic (exact) mass is 684 g/mol. The van der Waals surface area contributed by atoms with Crippen LogP contribution < -0.4 is 92.5 Å². The number of amidine groups is 1. The quantitative estimate of drug-likeness (QED) is 0.0279. The Morgan fingerprint density at radius 2 is 1.11 bits per heavy atom. The molecule has 4 aromatic carbocycles. The van der Waals surface area contributed by atoms with Gasteiger partial charge in [0.2, 0.25) is 0 Å². The summed E-state index contributed by atoms with van der Waals surface area (Å²) < 4.78 is 69.4. The molecule has 4 rings (SSSR count). The number of nitrogen functional groups attached to an aromatic ring is 4. The van der Waals surface area contributed by atoms with Gasteiger partial charge in [-0.3, -0.25) is 4.55 Å². The third-order valence-corrected chi connectivity index (χ3v) is 7.31. The zero-order valence-corrected chi connectivity index (χ0v) is 29.8. The van der Waals surface area contributed by atoms with Gasteiger partial charge >= 0.3 is 59.1 Å². The first-order valence-corrected chi connectivity index (χ1v) is 14.8. The zero-order valence-electron chi connectivity index (χ0n) is 24.2. The Kier molecular flexibility index (Phi) is 13.2. The van der Waals surface area contributed by atoms with Crippen molar-refractivity contribution >= 4 is 83.1 Å². The molecule has 0 unspecified atom stereocenters. The minimum atomic E-state index is -5.10. The Labute approximate surface area is 307 Å². The van der Waals surface area contributed by atoms with E-state index in [2.05, 4.69) is 30.8 Å². The van der Waals surface area contributed by atoms with Crippen molar-refractivity contribution in [3.8, 4) is 0 Å². The average molecular weight is 685 g/mol. The molecule has 0 saturated carbocycles. The normalized spacial score (nSPS) is 12.1. The molecule has 0 aliphatic heterocycles. The van der Waals surface area contributed by atoms with E-state index in [1.807, 2.05) is 0 Å². The summed E-state index contributed by atoms with van der Waals surface area (Å²) in [6.45, 7) is 0. The topological polar surface area (TPSA) is 313 Å². The van der Waals surface area contributed by atoms with E-state index in [1.54, 1.807) is 0 Å². The number of anilines is 5. The van der Waals surface area contributed by atoms with Gasteiger partial charge < -0.3 is 37.9 Å². The van der Waals surface area contributed by atoms with Crippen LogP contribution in [0.15, 0.2) is 108 Å². The van der Waals surface area contributed by atoms with Gasteiger partial charge in [0.1, 0.15) is 37.8 Å². The van der Waals surface area contributed by atoms with Crippen molar-refractivity contribution in [3.63, 3.8) is 0 Å². The van der Waals surface area contributed by atoms with E-state index < -0.39 is 36.0 Å². The molecule has 0 amide bonds. The van der Waals surface area contributed by atoms with Gasteiger partial charge in [-0.15, -0.1) is 20.5 Å². The second kappa shape index (κ2) is 15.8. The number of nitrogens with two attached hydrogens (primary N) is 4. The molecule has 17 nitrogen and oxygen atoms in total. The fourth-order valence-corrected chi connectivity index (χ4v) is 4.83. The summed E-state index contributed by atoms with van der Waals surface area (Å²) in [6, 6.07) is 14.0. The number of hydrogen-bond acceptors (Lipinski definition) is 15. The van der Waals surface area contributed by atoms with E-state index in [1.165, 1.54) is 48.5 Å². The summed E-state index contributed by atoms with van der Waals surface area (Å²) in [5.41, 5.74) is 23.2. The van der Waals surface area contributed by atoms with Crippen molar-refractivity contribution < 1.29 is 90.2 Å². The standard InChI is InChI=1S/C25H24N10O7S2.2Na/c26-13-1-5-19(17(28)9-13)32-34-21-7-3-15(11-23(21)43(37,38)39)30-25(36)31-16-4-8-22(24(12-16)44(40,41)42)35-33-20-6-2-14(27)10-18(20)29;;/h1-12H,26-29H2,(H2,30,31,36)(H,37,38,39)(H,40,41,42);;/q;2*+1/p-2. The third-order valence-electron chi connectivity index (χ3n) is 5.57. The molecule has 4 aromatic rings. The molecule has 0 aliphatic rings. The first-order valence-electron chi connectivity index (χ1n) is 12.0. The fraction of sp³-hybridized carbons (Fsp3) is 0. The Bertz CT molecular complexity index is 2080. The Morgan fingerprint density at radius 1 is 0.652 bits per heavy atom. The van der Waals surface area contributed by atoms with Crippen LogP contribution >= 0.6 is 0 Å². The molecule has 0 radical (unpaired) electrons. The van der Waals surface area contributed by atoms with Crippen molar-refractivity contribution in [2.45, 2.75) is 9.79 Å². The number of nitrogens with zero attached hydrogens (tertiary/aromatic N) is 5. The maximum Gasteiger partial charge on any atom is 1.00 e. The van der Waals surface area contributed by atoms with Gasteiger partial charge in [-0.05, 0) is 72.8 Å². The predicted octanol–water partition coefficient (Wildman–Crippen LogP) is -2.54. The molecule has 0 bridgehead atoms. The van der Waals surface area contributed by atoms with Crippen LogP contribution in [0.4, 0.5) is 56.9 Å². The Morgan fingerprint density at radius 3 is 1.59 bits per heavy atom. The second-order valence-corrected chi connectivity index (χ2v) is 11.6. The summed E-state index contributed by atoms with van der Waals surface area (Å²) in [5, 5.41) is 30.2. The SMILES string of the molecule is Nc1ccc(N=Nc2ccc(N=C([O-])Nc3ccc(N=Nc4ccc(N)cc4N)c(S(=O)(=O)O)c3)cc2S(=O)(=O)[O-])c(N)c1.[Na+].[Na+]. The molecular weight excluding hydrogens is 662 g/mol. The Hall–Kier alpha value is -3.63. The summed E-state index contributed by atoms with van der Waals surface area (Å²) in [4.78, 5) is 2.15. The molecule has 228 valence electrons. The van der Waals surface area contributed by atoms with Gasteiger partial charge in [0.15, 0.2) is 0 Å². The van der Waals surface area contributed by atoms with Crippen molar-refractivity contribution in [2.24, 2.45) is 25.4 Å². The van der Waals surface area contributed by atoms with Crippen LogP contribution in [-0.2, 0) is 20.2 Å². The van der Waals surface area contributed by atoms with Gasteiger partial charge in [0.25, 0.3) is 10.1 Å². The van der Waals surface area contributed by atoms with E-state index in [9.17, 15) is 31.0 Å². The zero-order chi connectivity index (χ0) is 32.2. The maximum atomic E-state index is 12.6. The summed E-state index contributed by atoms with van der Waals surface area (Å²) in [5.74, 6) is 0. The van der Waals surface area contributed by atoms with Gasteiger partial charge in [0.05, 0.1) is 28.0 Å². The summed E-state index contributed by atoms with van der Waals surface area (Å²) in [7, 11) is -9.95. The molecule has 0 heterocycles. The smallest absolute Gasteiger partial charge is 0.846 e. The fourth-order valence-electron chi connectivity index (χ4n) is 3.55. The van der Waals surface area contributed by atoms with E-state index in [-0.39, 0.29) is 105 Å². The van der Waals surface area contributed by atoms with Crippen LogP contribution in [0.5, 0.6) is 0 Å². The molecule has 0 spiro atoms. The predicted molar refractivity (Wildman–Crippen MR) is 160 cm³/mol. The van der Waals surface area contributed by atoms with E-state index in [0.717, 1.165) is 24.3 Å². The Balaban J connectivity index is 0.00000368. The number of hydrogen-bond donors (Lipinski definition) is 6. The van der Waals surface area contributed by atoms with Gasteiger partial charge in [-0.2, -0.15) is 8.42 Å². The largest absolute Gasteiger partial charge is 1.00 e. The molecule has 46 heavy (non-hydrogen) atoms. The molecule has 0 atom stereocenters. The van der Waals surface area contributed by atoms with Crippen LogP contribution in [-0.4, -0.2) is 32.0 Å². The molecule has 10 N–H and O–H groups in total. The van der Waals surface area contributed by atoms with Gasteiger partial charge in [-0.1, -0.05) is 0 Å². The van der Waals surface area contributed by atoms with Crippen LogP contribution in [0.2, 0.25) is 0 Å². The van der Waals surface area contributed by atoms with Crippen molar-refractivity contribution in [2.75, 3.05) is 28.3 Å². The molecule has 0 fully saturated rings. The van der Waals surface area contributed by atoms with Crippen molar-refractivity contribution in [1.82, 2.24) is 0 Å². The van der Waals surface area contributed by atoms with Crippen molar-refractivity contribution in [1.29, 1.82) is 0 Å². The minimum Gasteiger partial charge on any atom is -0.846 e.